The average molecular weight is 504 g/mol. The number of aromatic nitrogens is 4. The second-order valence-corrected chi connectivity index (χ2v) is 5.99. The van der Waals surface area contributed by atoms with Crippen LogP contribution in [-0.2, 0) is 20.1 Å². The molecule has 0 fully saturated rings. The number of nitrogens with one attached hydrogen (secondary N) is 2. The Labute approximate surface area is 165 Å². The maximum absolute atomic E-state index is 4.57. The quantitative estimate of drug-likeness (QED) is 0.325. The van der Waals surface area contributed by atoms with Crippen LogP contribution < -0.4 is 10.6 Å². The molecule has 9 heteroatoms. The first-order valence-corrected chi connectivity index (χ1v) is 7.99. The molecule has 0 atom stereocenters. The molecule has 0 aliphatic rings. The second kappa shape index (κ2) is 8.47. The van der Waals surface area contributed by atoms with Crippen molar-refractivity contribution in [3.8, 4) is 0 Å². The summed E-state index contributed by atoms with van der Waals surface area (Å²) in [5.41, 5.74) is 2.96. The number of hydrogen-bond acceptors (Lipinski definition) is 3. The minimum absolute atomic E-state index is 0. The van der Waals surface area contributed by atoms with Gasteiger partial charge in [0.15, 0.2) is 5.96 Å². The van der Waals surface area contributed by atoms with Gasteiger partial charge < -0.3 is 15.0 Å². The lowest BCUT2D eigenvalue weighted by atomic mass is 10.4. The lowest BCUT2D eigenvalue weighted by molar-refractivity contribution is 0.684. The van der Waals surface area contributed by atoms with Crippen LogP contribution in [0.3, 0.4) is 0 Å². The zero-order valence-corrected chi connectivity index (χ0v) is 17.3. The molecule has 128 valence electrons. The minimum Gasteiger partial charge on any atom is -0.351 e. The lowest BCUT2D eigenvalue weighted by Gasteiger charge is -2.10. The van der Waals surface area contributed by atoms with E-state index in [1.165, 1.54) is 0 Å². The highest BCUT2D eigenvalue weighted by atomic mass is 127. The van der Waals surface area contributed by atoms with E-state index in [1.54, 1.807) is 13.2 Å². The molecular formula is C15H19BrIN7. The molecule has 24 heavy (non-hydrogen) atoms. The predicted octanol–water partition coefficient (Wildman–Crippen LogP) is 2.31. The van der Waals surface area contributed by atoms with Crippen molar-refractivity contribution < 1.29 is 0 Å². The normalized spacial score (nSPS) is 11.4. The minimum atomic E-state index is 0. The Balaban J connectivity index is 0.00000208. The molecule has 3 rings (SSSR count). The highest BCUT2D eigenvalue weighted by Crippen LogP contribution is 2.12. The fraction of sp³-hybridized carbons (Fsp3) is 0.267. The monoisotopic (exact) mass is 503 g/mol. The summed E-state index contributed by atoms with van der Waals surface area (Å²) in [6.07, 6.45) is 5.77. The van der Waals surface area contributed by atoms with Crippen LogP contribution in [0, 0.1) is 0 Å². The van der Waals surface area contributed by atoms with Crippen LogP contribution in [0.5, 0.6) is 0 Å². The van der Waals surface area contributed by atoms with Gasteiger partial charge in [0.25, 0.3) is 0 Å². The Hall–Kier alpha value is -1.62. The van der Waals surface area contributed by atoms with Crippen LogP contribution in [0.25, 0.3) is 5.65 Å². The van der Waals surface area contributed by atoms with Gasteiger partial charge in [-0.15, -0.1) is 24.0 Å². The van der Waals surface area contributed by atoms with E-state index in [0.29, 0.717) is 13.1 Å². The molecule has 0 spiro atoms. The van der Waals surface area contributed by atoms with Crippen molar-refractivity contribution in [2.24, 2.45) is 12.0 Å². The van der Waals surface area contributed by atoms with Crippen molar-refractivity contribution in [2.75, 3.05) is 7.05 Å². The first kappa shape index (κ1) is 18.7. The standard InChI is InChI=1S/C15H18BrN7.HI/c1-17-15(19-8-13-5-6-20-22(13)2)18-7-12-10-23-9-11(16)3-4-14(23)21-12;/h3-6,9-10H,7-8H2,1-2H3,(H2,17,18,19);1H. The van der Waals surface area contributed by atoms with Crippen molar-refractivity contribution in [1.29, 1.82) is 0 Å². The van der Waals surface area contributed by atoms with Crippen LogP contribution in [-0.4, -0.2) is 32.2 Å². The fourth-order valence-corrected chi connectivity index (χ4v) is 2.60. The summed E-state index contributed by atoms with van der Waals surface area (Å²) in [7, 11) is 3.67. The molecule has 0 aromatic carbocycles. The molecule has 3 aromatic heterocycles. The summed E-state index contributed by atoms with van der Waals surface area (Å²) in [4.78, 5) is 8.79. The molecule has 0 radical (unpaired) electrons. The molecule has 0 unspecified atom stereocenters. The zero-order valence-electron chi connectivity index (χ0n) is 13.4. The van der Waals surface area contributed by atoms with Crippen LogP contribution in [0.1, 0.15) is 11.4 Å². The molecule has 0 saturated heterocycles. The number of nitrogens with zero attached hydrogens (tertiary/aromatic N) is 5. The molecule has 7 nitrogen and oxygen atoms in total. The van der Waals surface area contributed by atoms with Gasteiger partial charge in [0.1, 0.15) is 5.65 Å². The number of imidazole rings is 1. The van der Waals surface area contributed by atoms with Crippen LogP contribution in [0.4, 0.5) is 0 Å². The first-order chi connectivity index (χ1) is 11.2. The number of fused-ring (bicyclic) bond motifs is 1. The summed E-state index contributed by atoms with van der Waals surface area (Å²) in [5.74, 6) is 0.726. The van der Waals surface area contributed by atoms with Crippen molar-refractivity contribution in [3.05, 3.63) is 52.7 Å². The van der Waals surface area contributed by atoms with Gasteiger partial charge in [0, 0.05) is 37.2 Å². The van der Waals surface area contributed by atoms with Gasteiger partial charge in [-0.25, -0.2) is 4.98 Å². The molecule has 3 heterocycles. The largest absolute Gasteiger partial charge is 0.351 e. The molecule has 0 aliphatic carbocycles. The number of hydrogen-bond donors (Lipinski definition) is 2. The van der Waals surface area contributed by atoms with Crippen molar-refractivity contribution in [3.63, 3.8) is 0 Å². The maximum atomic E-state index is 4.57. The third-order valence-electron chi connectivity index (χ3n) is 3.48. The molecule has 2 N–H and O–H groups in total. The van der Waals surface area contributed by atoms with Crippen molar-refractivity contribution >= 4 is 51.5 Å². The van der Waals surface area contributed by atoms with Crippen molar-refractivity contribution in [2.45, 2.75) is 13.1 Å². The molecule has 0 bridgehead atoms. The second-order valence-electron chi connectivity index (χ2n) is 5.07. The van der Waals surface area contributed by atoms with Crippen LogP contribution >= 0.6 is 39.9 Å². The molecule has 0 amide bonds. The van der Waals surface area contributed by atoms with E-state index in [-0.39, 0.29) is 24.0 Å². The Kier molecular flexibility index (Phi) is 6.60. The van der Waals surface area contributed by atoms with Gasteiger partial charge in [-0.2, -0.15) is 5.10 Å². The third-order valence-corrected chi connectivity index (χ3v) is 3.95. The zero-order chi connectivity index (χ0) is 16.2. The number of aryl methyl sites for hydroxylation is 1. The summed E-state index contributed by atoms with van der Waals surface area (Å²) in [6, 6.07) is 5.93. The average Bonchev–Trinajstić information content (AvgIpc) is 3.13. The molecule has 3 aromatic rings. The highest BCUT2D eigenvalue weighted by molar-refractivity contribution is 14.0. The number of guanidine groups is 1. The van der Waals surface area contributed by atoms with Crippen molar-refractivity contribution in [1.82, 2.24) is 29.8 Å². The Bertz CT molecular complexity index is 839. The summed E-state index contributed by atoms with van der Waals surface area (Å²) >= 11 is 3.46. The maximum Gasteiger partial charge on any atom is 0.191 e. The van der Waals surface area contributed by atoms with Gasteiger partial charge >= 0.3 is 0 Å². The smallest absolute Gasteiger partial charge is 0.191 e. The predicted molar refractivity (Wildman–Crippen MR) is 109 cm³/mol. The van der Waals surface area contributed by atoms with E-state index in [1.807, 2.05) is 46.7 Å². The Morgan fingerprint density at radius 3 is 2.71 bits per heavy atom. The Morgan fingerprint density at radius 1 is 1.21 bits per heavy atom. The van der Waals surface area contributed by atoms with Gasteiger partial charge in [-0.1, -0.05) is 0 Å². The van der Waals surface area contributed by atoms with E-state index in [2.05, 4.69) is 41.6 Å². The summed E-state index contributed by atoms with van der Waals surface area (Å²) in [6.45, 7) is 1.26. The topological polar surface area (TPSA) is 71.5 Å². The summed E-state index contributed by atoms with van der Waals surface area (Å²) < 4.78 is 4.85. The van der Waals surface area contributed by atoms with Gasteiger partial charge in [0.05, 0.1) is 24.5 Å². The fourth-order valence-electron chi connectivity index (χ4n) is 2.25. The number of rotatable bonds is 4. The number of halogens is 2. The number of pyridine rings is 1. The summed E-state index contributed by atoms with van der Waals surface area (Å²) in [5, 5.41) is 10.7. The Morgan fingerprint density at radius 2 is 2.00 bits per heavy atom. The van der Waals surface area contributed by atoms with E-state index >= 15 is 0 Å². The first-order valence-electron chi connectivity index (χ1n) is 7.20. The third kappa shape index (κ3) is 4.47. The van der Waals surface area contributed by atoms with E-state index in [9.17, 15) is 0 Å². The van der Waals surface area contributed by atoms with E-state index in [0.717, 1.165) is 27.5 Å². The van der Waals surface area contributed by atoms with E-state index in [4.69, 9.17) is 0 Å². The number of aliphatic imine (C=N–C) groups is 1. The highest BCUT2D eigenvalue weighted by Gasteiger charge is 2.05. The molecule has 0 saturated carbocycles. The van der Waals surface area contributed by atoms with Gasteiger partial charge in [-0.3, -0.25) is 9.67 Å². The SMILES string of the molecule is CN=C(NCc1cn2cc(Br)ccc2n1)NCc1ccnn1C.I. The van der Waals surface area contributed by atoms with Gasteiger partial charge in [0.2, 0.25) is 0 Å². The van der Waals surface area contributed by atoms with Crippen LogP contribution in [0.15, 0.2) is 46.3 Å². The lowest BCUT2D eigenvalue weighted by Crippen LogP contribution is -2.36. The van der Waals surface area contributed by atoms with Crippen LogP contribution in [0.2, 0.25) is 0 Å². The molecule has 0 aliphatic heterocycles. The van der Waals surface area contributed by atoms with Gasteiger partial charge in [-0.05, 0) is 34.1 Å². The van der Waals surface area contributed by atoms with E-state index < -0.39 is 0 Å². The molecular weight excluding hydrogens is 485 g/mol.